The van der Waals surface area contributed by atoms with Crippen LogP contribution < -0.4 is 0 Å². The Morgan fingerprint density at radius 1 is 1.06 bits per heavy atom. The van der Waals surface area contributed by atoms with Gasteiger partial charge in [-0.1, -0.05) is 20.8 Å². The van der Waals surface area contributed by atoms with Crippen molar-refractivity contribution in [2.24, 2.45) is 0 Å². The number of halogens is 2. The van der Waals surface area contributed by atoms with Gasteiger partial charge in [0.15, 0.2) is 0 Å². The molecule has 0 saturated carbocycles. The van der Waals surface area contributed by atoms with Crippen LogP contribution in [0.1, 0.15) is 61.4 Å². The van der Waals surface area contributed by atoms with Gasteiger partial charge in [0.2, 0.25) is 0 Å². The molecule has 2 aromatic heterocycles. The smallest absolute Gasteiger partial charge is 0.256 e. The summed E-state index contributed by atoms with van der Waals surface area (Å²) in [5, 5.41) is 0. The molecule has 1 aromatic carbocycles. The summed E-state index contributed by atoms with van der Waals surface area (Å²) in [6.45, 7) is 7.13. The summed E-state index contributed by atoms with van der Waals surface area (Å²) in [5.41, 5.74) is 2.49. The number of piperidine rings is 1. The Morgan fingerprint density at radius 3 is 2.41 bits per heavy atom. The molecule has 0 radical (unpaired) electrons. The summed E-state index contributed by atoms with van der Waals surface area (Å²) in [6.07, 6.45) is 6.72. The summed E-state index contributed by atoms with van der Waals surface area (Å²) in [6, 6.07) is 6.84. The van der Waals surface area contributed by atoms with Crippen molar-refractivity contribution in [3.8, 4) is 11.1 Å². The predicted molar refractivity (Wildman–Crippen MR) is 118 cm³/mol. The average molecular weight is 437 g/mol. The number of carbonyl (C=O) groups excluding carboxylic acids is 1. The number of hydrogen-bond donors (Lipinski definition) is 0. The van der Waals surface area contributed by atoms with Gasteiger partial charge < -0.3 is 4.90 Å². The van der Waals surface area contributed by atoms with E-state index >= 15 is 0 Å². The van der Waals surface area contributed by atoms with Gasteiger partial charge >= 0.3 is 0 Å². The summed E-state index contributed by atoms with van der Waals surface area (Å²) in [5.74, 6) is -0.909. The molecule has 3 aromatic rings. The van der Waals surface area contributed by atoms with Crippen LogP contribution in [0.25, 0.3) is 11.1 Å². The molecule has 0 bridgehead atoms. The molecule has 166 valence electrons. The van der Waals surface area contributed by atoms with Crippen molar-refractivity contribution in [2.75, 3.05) is 13.1 Å². The highest BCUT2D eigenvalue weighted by Crippen LogP contribution is 2.35. The Morgan fingerprint density at radius 2 is 1.75 bits per heavy atom. The molecule has 3 heterocycles. The molecular weight excluding hydrogens is 410 g/mol. The molecule has 1 saturated heterocycles. The zero-order valence-electron chi connectivity index (χ0n) is 18.5. The molecular formula is C25H26F2N4O. The van der Waals surface area contributed by atoms with Crippen molar-refractivity contribution in [1.82, 2.24) is 19.9 Å². The molecule has 7 heteroatoms. The first kappa shape index (κ1) is 22.0. The van der Waals surface area contributed by atoms with Crippen molar-refractivity contribution in [1.29, 1.82) is 0 Å². The normalized spacial score (nSPS) is 15.1. The minimum Gasteiger partial charge on any atom is -0.339 e. The summed E-state index contributed by atoms with van der Waals surface area (Å²) < 4.78 is 27.6. The number of pyridine rings is 1. The van der Waals surface area contributed by atoms with Crippen LogP contribution in [0.15, 0.2) is 48.9 Å². The van der Waals surface area contributed by atoms with E-state index in [2.05, 4.69) is 30.7 Å². The van der Waals surface area contributed by atoms with Gasteiger partial charge in [0.05, 0.1) is 11.3 Å². The van der Waals surface area contributed by atoms with E-state index in [1.807, 2.05) is 18.3 Å². The van der Waals surface area contributed by atoms with Crippen molar-refractivity contribution in [3.63, 3.8) is 0 Å². The van der Waals surface area contributed by atoms with Crippen LogP contribution >= 0.6 is 0 Å². The lowest BCUT2D eigenvalue weighted by molar-refractivity contribution is 0.0707. The molecule has 1 aliphatic rings. The van der Waals surface area contributed by atoms with E-state index in [0.717, 1.165) is 40.8 Å². The molecule has 1 fully saturated rings. The van der Waals surface area contributed by atoms with Gasteiger partial charge in [-0.05, 0) is 48.7 Å². The van der Waals surface area contributed by atoms with E-state index in [0.29, 0.717) is 25.9 Å². The quantitative estimate of drug-likeness (QED) is 0.571. The van der Waals surface area contributed by atoms with Crippen molar-refractivity contribution >= 4 is 5.91 Å². The lowest BCUT2D eigenvalue weighted by atomic mass is 9.87. The fourth-order valence-corrected chi connectivity index (χ4v) is 4.01. The maximum atomic E-state index is 14.1. The highest BCUT2D eigenvalue weighted by atomic mass is 19.1. The molecule has 5 nitrogen and oxygen atoms in total. The lowest BCUT2D eigenvalue weighted by Crippen LogP contribution is -2.38. The molecule has 0 N–H and O–H groups in total. The second kappa shape index (κ2) is 8.73. The summed E-state index contributed by atoms with van der Waals surface area (Å²) >= 11 is 0. The first-order valence-electron chi connectivity index (χ1n) is 10.8. The van der Waals surface area contributed by atoms with E-state index in [1.165, 1.54) is 0 Å². The first-order chi connectivity index (χ1) is 15.2. The Bertz CT molecular complexity index is 1120. The van der Waals surface area contributed by atoms with Crippen molar-refractivity contribution in [2.45, 2.75) is 44.9 Å². The van der Waals surface area contributed by atoms with Gasteiger partial charge in [-0.15, -0.1) is 0 Å². The van der Waals surface area contributed by atoms with Gasteiger partial charge in [0.25, 0.3) is 5.91 Å². The highest BCUT2D eigenvalue weighted by Gasteiger charge is 2.30. The third-order valence-electron chi connectivity index (χ3n) is 5.81. The number of rotatable bonds is 3. The van der Waals surface area contributed by atoms with Gasteiger partial charge in [-0.25, -0.2) is 18.7 Å². The van der Waals surface area contributed by atoms with E-state index in [1.54, 1.807) is 17.3 Å². The van der Waals surface area contributed by atoms with Crippen molar-refractivity contribution < 1.29 is 13.6 Å². The van der Waals surface area contributed by atoms with Crippen LogP contribution in [0.3, 0.4) is 0 Å². The summed E-state index contributed by atoms with van der Waals surface area (Å²) in [4.78, 5) is 28.0. The first-order valence-corrected chi connectivity index (χ1v) is 10.8. The van der Waals surface area contributed by atoms with Crippen LogP contribution in [-0.4, -0.2) is 38.8 Å². The monoisotopic (exact) mass is 436 g/mol. The minimum atomic E-state index is -0.705. The Hall–Kier alpha value is -3.22. The van der Waals surface area contributed by atoms with Gasteiger partial charge in [0, 0.05) is 48.6 Å². The minimum absolute atomic E-state index is 0.128. The molecule has 32 heavy (non-hydrogen) atoms. The van der Waals surface area contributed by atoms with Crippen LogP contribution in [0.5, 0.6) is 0 Å². The Balaban J connectivity index is 1.60. The molecule has 1 aliphatic heterocycles. The second-order valence-corrected chi connectivity index (χ2v) is 9.17. The van der Waals surface area contributed by atoms with Gasteiger partial charge in [-0.3, -0.25) is 9.78 Å². The summed E-state index contributed by atoms with van der Waals surface area (Å²) in [7, 11) is 0. The molecule has 0 atom stereocenters. The van der Waals surface area contributed by atoms with Gasteiger partial charge in [0.1, 0.15) is 17.5 Å². The molecule has 0 aliphatic carbocycles. The van der Waals surface area contributed by atoms with Gasteiger partial charge in [-0.2, -0.15) is 0 Å². The maximum absolute atomic E-state index is 14.1. The topological polar surface area (TPSA) is 59.0 Å². The molecule has 1 amide bonds. The number of carbonyl (C=O) groups is 1. The SMILES string of the molecule is CC(C)(C)c1ncc(-c2ccncc2)c(C2CCN(C(=O)c3cc(F)ccc3F)CC2)n1. The highest BCUT2D eigenvalue weighted by molar-refractivity contribution is 5.94. The maximum Gasteiger partial charge on any atom is 0.256 e. The number of likely N-dealkylation sites (tertiary alicyclic amines) is 1. The average Bonchev–Trinajstić information content (AvgIpc) is 2.80. The fraction of sp³-hybridized carbons (Fsp3) is 0.360. The molecule has 0 spiro atoms. The van der Waals surface area contributed by atoms with Crippen molar-refractivity contribution in [3.05, 3.63) is 77.6 Å². The fourth-order valence-electron chi connectivity index (χ4n) is 4.01. The predicted octanol–water partition coefficient (Wildman–Crippen LogP) is 5.13. The third-order valence-corrected chi connectivity index (χ3v) is 5.81. The Kier molecular flexibility index (Phi) is 6.00. The number of benzene rings is 1. The van der Waals surface area contributed by atoms with E-state index in [-0.39, 0.29) is 16.9 Å². The lowest BCUT2D eigenvalue weighted by Gasteiger charge is -2.33. The van der Waals surface area contributed by atoms with E-state index in [9.17, 15) is 13.6 Å². The number of hydrogen-bond acceptors (Lipinski definition) is 4. The zero-order valence-corrected chi connectivity index (χ0v) is 18.5. The third kappa shape index (κ3) is 4.52. The standard InChI is InChI=1S/C25H26F2N4O/c1-25(2,3)24-29-15-20(16-6-10-28-11-7-16)22(30-24)17-8-12-31(13-9-17)23(32)19-14-18(26)4-5-21(19)27/h4-7,10-11,14-15,17H,8-9,12-13H2,1-3H3. The largest absolute Gasteiger partial charge is 0.339 e. The number of aromatic nitrogens is 3. The van der Waals surface area contributed by atoms with Crippen LogP contribution in [-0.2, 0) is 5.41 Å². The van der Waals surface area contributed by atoms with E-state index in [4.69, 9.17) is 4.98 Å². The van der Waals surface area contributed by atoms with Crippen LogP contribution in [0.4, 0.5) is 8.78 Å². The van der Waals surface area contributed by atoms with Crippen LogP contribution in [0.2, 0.25) is 0 Å². The van der Waals surface area contributed by atoms with Crippen LogP contribution in [0, 0.1) is 11.6 Å². The molecule has 0 unspecified atom stereocenters. The zero-order chi connectivity index (χ0) is 22.9. The molecule has 4 rings (SSSR count). The number of amides is 1. The number of nitrogens with zero attached hydrogens (tertiary/aromatic N) is 4. The van der Waals surface area contributed by atoms with E-state index < -0.39 is 17.5 Å². The second-order valence-electron chi connectivity index (χ2n) is 9.17. The Labute approximate surface area is 186 Å².